The van der Waals surface area contributed by atoms with Gasteiger partial charge in [-0.1, -0.05) is 19.9 Å². The molecule has 1 atom stereocenters. The first-order chi connectivity index (χ1) is 12.8. The Morgan fingerprint density at radius 1 is 1.00 bits per heavy atom. The Morgan fingerprint density at radius 3 is 2.26 bits per heavy atom. The van der Waals surface area contributed by atoms with Crippen molar-refractivity contribution >= 4 is 23.2 Å². The molecule has 27 heavy (non-hydrogen) atoms. The highest BCUT2D eigenvalue weighted by molar-refractivity contribution is 5.97. The number of ether oxygens (including phenoxy) is 1. The van der Waals surface area contributed by atoms with Gasteiger partial charge in [0.2, 0.25) is 5.91 Å². The second-order valence-corrected chi connectivity index (χ2v) is 6.56. The van der Waals surface area contributed by atoms with Gasteiger partial charge >= 0.3 is 0 Å². The number of aryl methyl sites for hydroxylation is 1. The minimum absolute atomic E-state index is 0.0892. The first-order valence-corrected chi connectivity index (χ1v) is 8.69. The molecule has 6 nitrogen and oxygen atoms in total. The Balaban J connectivity index is 2.05. The first kappa shape index (κ1) is 20.0. The minimum atomic E-state index is -0.730. The van der Waals surface area contributed by atoms with Gasteiger partial charge in [-0.3, -0.25) is 9.59 Å². The molecule has 2 amide bonds. The van der Waals surface area contributed by atoms with Crippen LogP contribution < -0.4 is 15.4 Å². The number of carbonyl (C=O) groups excluding carboxylic acids is 2. The van der Waals surface area contributed by atoms with Crippen LogP contribution in [0.4, 0.5) is 11.4 Å². The summed E-state index contributed by atoms with van der Waals surface area (Å²) in [6.45, 7) is 7.14. The average Bonchev–Trinajstić information content (AvgIpc) is 2.64. The van der Waals surface area contributed by atoms with Crippen molar-refractivity contribution in [2.75, 3.05) is 10.6 Å². The van der Waals surface area contributed by atoms with Crippen molar-refractivity contribution in [1.29, 1.82) is 5.26 Å². The summed E-state index contributed by atoms with van der Waals surface area (Å²) in [6.07, 6.45) is -0.730. The van der Waals surface area contributed by atoms with Crippen molar-refractivity contribution in [3.05, 3.63) is 53.6 Å². The van der Waals surface area contributed by atoms with Crippen molar-refractivity contribution in [3.63, 3.8) is 0 Å². The number of amides is 2. The lowest BCUT2D eigenvalue weighted by atomic mass is 10.1. The van der Waals surface area contributed by atoms with E-state index >= 15 is 0 Å². The lowest BCUT2D eigenvalue weighted by Crippen LogP contribution is -2.30. The molecule has 0 aliphatic rings. The highest BCUT2D eigenvalue weighted by Gasteiger charge is 2.16. The van der Waals surface area contributed by atoms with Crippen molar-refractivity contribution in [2.45, 2.75) is 33.8 Å². The maximum absolute atomic E-state index is 12.5. The van der Waals surface area contributed by atoms with Gasteiger partial charge in [0.25, 0.3) is 5.91 Å². The fourth-order valence-electron chi connectivity index (χ4n) is 2.22. The van der Waals surface area contributed by atoms with Crippen molar-refractivity contribution in [1.82, 2.24) is 0 Å². The molecule has 0 aromatic heterocycles. The Morgan fingerprint density at radius 2 is 1.67 bits per heavy atom. The van der Waals surface area contributed by atoms with E-state index in [1.54, 1.807) is 43.3 Å². The summed E-state index contributed by atoms with van der Waals surface area (Å²) < 4.78 is 5.62. The van der Waals surface area contributed by atoms with E-state index in [-0.39, 0.29) is 17.7 Å². The highest BCUT2D eigenvalue weighted by Crippen LogP contribution is 2.22. The Hall–Kier alpha value is -3.33. The van der Waals surface area contributed by atoms with Gasteiger partial charge < -0.3 is 15.4 Å². The van der Waals surface area contributed by atoms with Crippen LogP contribution >= 0.6 is 0 Å². The molecule has 1 unspecified atom stereocenters. The molecule has 0 bridgehead atoms. The van der Waals surface area contributed by atoms with Crippen molar-refractivity contribution in [2.24, 2.45) is 5.92 Å². The van der Waals surface area contributed by atoms with E-state index < -0.39 is 6.10 Å². The summed E-state index contributed by atoms with van der Waals surface area (Å²) in [5.41, 5.74) is 2.62. The third-order valence-corrected chi connectivity index (χ3v) is 3.95. The smallest absolute Gasteiger partial charge is 0.265 e. The summed E-state index contributed by atoms with van der Waals surface area (Å²) in [5.74, 6) is -0.0278. The largest absolute Gasteiger partial charge is 0.481 e. The maximum Gasteiger partial charge on any atom is 0.265 e. The number of hydrogen-bond donors (Lipinski definition) is 2. The van der Waals surface area contributed by atoms with E-state index in [9.17, 15) is 9.59 Å². The molecule has 2 rings (SSSR count). The van der Waals surface area contributed by atoms with Crippen LogP contribution in [0.5, 0.6) is 5.75 Å². The van der Waals surface area contributed by atoms with Gasteiger partial charge in [0.15, 0.2) is 6.10 Å². The summed E-state index contributed by atoms with van der Waals surface area (Å²) >= 11 is 0. The Labute approximate surface area is 159 Å². The van der Waals surface area contributed by atoms with Crippen LogP contribution in [0, 0.1) is 24.2 Å². The second kappa shape index (κ2) is 8.86. The normalized spacial score (nSPS) is 11.4. The van der Waals surface area contributed by atoms with E-state index in [4.69, 9.17) is 10.00 Å². The van der Waals surface area contributed by atoms with Crippen LogP contribution in [0.2, 0.25) is 0 Å². The average molecular weight is 365 g/mol. The molecule has 0 saturated carbocycles. The molecular weight excluding hydrogens is 342 g/mol. The fourth-order valence-corrected chi connectivity index (χ4v) is 2.22. The molecule has 0 aliphatic carbocycles. The number of nitrogens with zero attached hydrogens (tertiary/aromatic N) is 1. The number of nitrogens with one attached hydrogen (secondary N) is 2. The molecular formula is C21H23N3O3. The zero-order valence-electron chi connectivity index (χ0n) is 15.9. The van der Waals surface area contributed by atoms with Gasteiger partial charge in [0.1, 0.15) is 5.75 Å². The summed E-state index contributed by atoms with van der Waals surface area (Å²) in [7, 11) is 0. The van der Waals surface area contributed by atoms with Gasteiger partial charge in [-0.2, -0.15) is 5.26 Å². The minimum Gasteiger partial charge on any atom is -0.481 e. The molecule has 0 radical (unpaired) electrons. The van der Waals surface area contributed by atoms with E-state index in [0.717, 1.165) is 5.56 Å². The van der Waals surface area contributed by atoms with E-state index in [1.165, 1.54) is 0 Å². The zero-order valence-corrected chi connectivity index (χ0v) is 15.9. The second-order valence-electron chi connectivity index (χ2n) is 6.56. The van der Waals surface area contributed by atoms with Crippen molar-refractivity contribution < 1.29 is 14.3 Å². The quantitative estimate of drug-likeness (QED) is 0.813. The van der Waals surface area contributed by atoms with E-state index in [2.05, 4.69) is 10.6 Å². The number of benzene rings is 2. The molecule has 6 heteroatoms. The number of carbonyl (C=O) groups is 2. The Kier molecular flexibility index (Phi) is 6.56. The van der Waals surface area contributed by atoms with Gasteiger partial charge in [0, 0.05) is 17.3 Å². The lowest BCUT2D eigenvalue weighted by molar-refractivity contribution is -0.122. The zero-order chi connectivity index (χ0) is 20.0. The van der Waals surface area contributed by atoms with Crippen LogP contribution in [-0.2, 0) is 9.59 Å². The first-order valence-electron chi connectivity index (χ1n) is 8.69. The topological polar surface area (TPSA) is 91.2 Å². The van der Waals surface area contributed by atoms with E-state index in [1.807, 2.05) is 32.9 Å². The summed E-state index contributed by atoms with van der Waals surface area (Å²) in [6, 6.07) is 13.9. The molecule has 0 saturated heterocycles. The van der Waals surface area contributed by atoms with Crippen LogP contribution in [0.3, 0.4) is 0 Å². The molecule has 0 aliphatic heterocycles. The molecule has 2 aromatic carbocycles. The fraction of sp³-hybridized carbons (Fsp3) is 0.286. The van der Waals surface area contributed by atoms with Crippen LogP contribution in [0.1, 0.15) is 31.9 Å². The predicted molar refractivity (Wildman–Crippen MR) is 105 cm³/mol. The van der Waals surface area contributed by atoms with E-state index in [0.29, 0.717) is 22.7 Å². The van der Waals surface area contributed by atoms with Gasteiger partial charge in [-0.25, -0.2) is 0 Å². The molecule has 0 spiro atoms. The number of anilines is 2. The van der Waals surface area contributed by atoms with Crippen LogP contribution in [0.25, 0.3) is 0 Å². The summed E-state index contributed by atoms with van der Waals surface area (Å²) in [4.78, 5) is 24.3. The summed E-state index contributed by atoms with van der Waals surface area (Å²) in [5, 5.41) is 14.5. The highest BCUT2D eigenvalue weighted by atomic mass is 16.5. The van der Waals surface area contributed by atoms with Gasteiger partial charge in [0.05, 0.1) is 11.6 Å². The third kappa shape index (κ3) is 5.58. The molecule has 2 N–H and O–H groups in total. The van der Waals surface area contributed by atoms with Crippen molar-refractivity contribution in [3.8, 4) is 11.8 Å². The predicted octanol–water partition coefficient (Wildman–Crippen LogP) is 3.87. The monoisotopic (exact) mass is 365 g/mol. The van der Waals surface area contributed by atoms with Gasteiger partial charge in [-0.15, -0.1) is 0 Å². The van der Waals surface area contributed by atoms with Gasteiger partial charge in [-0.05, 0) is 55.8 Å². The standard InChI is InChI=1S/C21H23N3O3/c1-13(2)20(25)23-17-8-5-14(3)19(11-17)24-21(26)15(4)27-18-9-6-16(12-22)7-10-18/h5-11,13,15H,1-4H3,(H,23,25)(H,24,26). The molecule has 0 fully saturated rings. The third-order valence-electron chi connectivity index (χ3n) is 3.95. The number of rotatable bonds is 6. The van der Waals surface area contributed by atoms with Crippen LogP contribution in [0.15, 0.2) is 42.5 Å². The lowest BCUT2D eigenvalue weighted by Gasteiger charge is -2.17. The molecule has 0 heterocycles. The number of nitriles is 1. The molecule has 140 valence electrons. The Bertz CT molecular complexity index is 867. The number of hydrogen-bond acceptors (Lipinski definition) is 4. The SMILES string of the molecule is Cc1ccc(NC(=O)C(C)C)cc1NC(=O)C(C)Oc1ccc(C#N)cc1. The maximum atomic E-state index is 12.5. The van der Waals surface area contributed by atoms with Crippen LogP contribution in [-0.4, -0.2) is 17.9 Å². The molecule has 2 aromatic rings.